The van der Waals surface area contributed by atoms with Gasteiger partial charge in [-0.1, -0.05) is 36.4 Å². The number of benzene rings is 2. The van der Waals surface area contributed by atoms with Gasteiger partial charge in [-0.25, -0.2) is 12.8 Å². The van der Waals surface area contributed by atoms with Crippen molar-refractivity contribution in [2.24, 2.45) is 0 Å². The standard InChI is InChI=1S/C25H28FN5O2S/c1-18-7-10-24(19-5-3-2-4-6-19)34(32,33)31(18)16-20-8-9-21(13-23(20)26)29-11-12-30-22(17-29)15-28-25(30)14-27/h2-6,8-9,13,15,18,24-25,28H,7,10-12,16-17H2,1H3/t18-,24?,25?/m0/s1. The Kier molecular flexibility index (Phi) is 5.96. The highest BCUT2D eigenvalue weighted by Crippen LogP contribution is 2.38. The first kappa shape index (κ1) is 22.7. The highest BCUT2D eigenvalue weighted by molar-refractivity contribution is 7.89. The molecule has 2 fully saturated rings. The number of sulfonamides is 1. The quantitative estimate of drug-likeness (QED) is 0.722. The van der Waals surface area contributed by atoms with Gasteiger partial charge in [0.2, 0.25) is 10.0 Å². The second kappa shape index (κ2) is 8.93. The van der Waals surface area contributed by atoms with E-state index in [-0.39, 0.29) is 18.8 Å². The molecule has 178 valence electrons. The fourth-order valence-corrected chi connectivity index (χ4v) is 7.32. The van der Waals surface area contributed by atoms with E-state index in [4.69, 9.17) is 0 Å². The minimum atomic E-state index is -3.62. The molecule has 3 aliphatic rings. The first-order chi connectivity index (χ1) is 16.4. The van der Waals surface area contributed by atoms with Gasteiger partial charge in [0, 0.05) is 43.1 Å². The summed E-state index contributed by atoms with van der Waals surface area (Å²) in [4.78, 5) is 4.09. The summed E-state index contributed by atoms with van der Waals surface area (Å²) in [6.45, 7) is 3.84. The monoisotopic (exact) mass is 481 g/mol. The molecule has 0 aliphatic carbocycles. The van der Waals surface area contributed by atoms with Crippen molar-refractivity contribution in [1.82, 2.24) is 14.5 Å². The third-order valence-electron chi connectivity index (χ3n) is 7.10. The second-order valence-corrected chi connectivity index (χ2v) is 11.2. The number of piperazine rings is 1. The molecular formula is C25H28FN5O2S. The first-order valence-corrected chi connectivity index (χ1v) is 13.1. The van der Waals surface area contributed by atoms with Crippen molar-refractivity contribution >= 4 is 15.7 Å². The summed E-state index contributed by atoms with van der Waals surface area (Å²) in [6, 6.07) is 16.4. The van der Waals surface area contributed by atoms with E-state index in [9.17, 15) is 13.7 Å². The van der Waals surface area contributed by atoms with E-state index in [1.165, 1.54) is 10.4 Å². The molecule has 34 heavy (non-hydrogen) atoms. The molecule has 0 aromatic heterocycles. The van der Waals surface area contributed by atoms with Crippen LogP contribution >= 0.6 is 0 Å². The van der Waals surface area contributed by atoms with Gasteiger partial charge in [-0.05, 0) is 37.5 Å². The lowest BCUT2D eigenvalue weighted by Gasteiger charge is -2.38. The second-order valence-electron chi connectivity index (χ2n) is 9.14. The van der Waals surface area contributed by atoms with Crippen LogP contribution in [0.25, 0.3) is 0 Å². The minimum Gasteiger partial charge on any atom is -0.364 e. The molecule has 0 radical (unpaired) electrons. The summed E-state index contributed by atoms with van der Waals surface area (Å²) in [5.41, 5.74) is 2.91. The molecule has 2 aromatic carbocycles. The maximum atomic E-state index is 15.2. The number of nitrogens with zero attached hydrogens (tertiary/aromatic N) is 4. The summed E-state index contributed by atoms with van der Waals surface area (Å²) in [6.07, 6.45) is 2.80. The van der Waals surface area contributed by atoms with E-state index in [0.717, 1.165) is 23.4 Å². The Labute approximate surface area is 200 Å². The minimum absolute atomic E-state index is 0.0195. The lowest BCUT2D eigenvalue weighted by atomic mass is 10.0. The maximum Gasteiger partial charge on any atom is 0.221 e. The number of hydrogen-bond acceptors (Lipinski definition) is 6. The van der Waals surface area contributed by atoms with Gasteiger partial charge in [-0.2, -0.15) is 9.57 Å². The third-order valence-corrected chi connectivity index (χ3v) is 9.47. The van der Waals surface area contributed by atoms with Crippen molar-refractivity contribution in [1.29, 1.82) is 5.26 Å². The van der Waals surface area contributed by atoms with Crippen molar-refractivity contribution in [3.05, 3.63) is 77.4 Å². The van der Waals surface area contributed by atoms with Crippen molar-refractivity contribution in [3.8, 4) is 6.07 Å². The van der Waals surface area contributed by atoms with Crippen LogP contribution in [0.2, 0.25) is 0 Å². The highest BCUT2D eigenvalue weighted by atomic mass is 32.2. The van der Waals surface area contributed by atoms with Gasteiger partial charge in [0.05, 0.1) is 12.2 Å². The molecule has 7 nitrogen and oxygen atoms in total. The Hall–Kier alpha value is -3.09. The molecule has 5 rings (SSSR count). The largest absolute Gasteiger partial charge is 0.364 e. The van der Waals surface area contributed by atoms with E-state index in [0.29, 0.717) is 31.6 Å². The lowest BCUT2D eigenvalue weighted by molar-refractivity contribution is 0.279. The van der Waals surface area contributed by atoms with Gasteiger partial charge in [0.1, 0.15) is 17.1 Å². The van der Waals surface area contributed by atoms with Crippen LogP contribution in [0.15, 0.2) is 60.4 Å². The molecule has 3 aliphatic heterocycles. The average molecular weight is 482 g/mol. The lowest BCUT2D eigenvalue weighted by Crippen LogP contribution is -2.47. The molecule has 2 saturated heterocycles. The van der Waals surface area contributed by atoms with E-state index >= 15 is 4.39 Å². The van der Waals surface area contributed by atoms with Gasteiger partial charge in [-0.3, -0.25) is 0 Å². The van der Waals surface area contributed by atoms with Crippen LogP contribution in [0.5, 0.6) is 0 Å². The van der Waals surface area contributed by atoms with Crippen LogP contribution in [0.1, 0.15) is 36.1 Å². The number of anilines is 1. The van der Waals surface area contributed by atoms with Crippen LogP contribution < -0.4 is 10.2 Å². The van der Waals surface area contributed by atoms with Crippen LogP contribution in [0.4, 0.5) is 10.1 Å². The molecule has 0 amide bonds. The fraction of sp³-hybridized carbons (Fsp3) is 0.400. The molecule has 1 N–H and O–H groups in total. The molecule has 2 aromatic rings. The summed E-state index contributed by atoms with van der Waals surface area (Å²) in [5, 5.41) is 11.7. The molecule has 0 bridgehead atoms. The van der Waals surface area contributed by atoms with Gasteiger partial charge in [-0.15, -0.1) is 0 Å². The van der Waals surface area contributed by atoms with Crippen molar-refractivity contribution in [2.45, 2.75) is 43.8 Å². The predicted molar refractivity (Wildman–Crippen MR) is 128 cm³/mol. The zero-order valence-corrected chi connectivity index (χ0v) is 19.9. The van der Waals surface area contributed by atoms with Gasteiger partial charge >= 0.3 is 0 Å². The van der Waals surface area contributed by atoms with Crippen molar-refractivity contribution in [3.63, 3.8) is 0 Å². The maximum absolute atomic E-state index is 15.2. The zero-order valence-electron chi connectivity index (χ0n) is 19.1. The Bertz CT molecular complexity index is 1240. The molecule has 2 unspecified atom stereocenters. The molecule has 9 heteroatoms. The van der Waals surface area contributed by atoms with E-state index in [2.05, 4.69) is 16.3 Å². The number of nitrogens with one attached hydrogen (secondary N) is 1. The molecular weight excluding hydrogens is 453 g/mol. The number of fused-ring (bicyclic) bond motifs is 1. The van der Waals surface area contributed by atoms with E-state index < -0.39 is 21.1 Å². The molecule has 0 spiro atoms. The molecule has 3 heterocycles. The van der Waals surface area contributed by atoms with E-state index in [1.807, 2.05) is 54.4 Å². The summed E-state index contributed by atoms with van der Waals surface area (Å²) in [7, 11) is -3.62. The molecule has 0 saturated carbocycles. The topological polar surface area (TPSA) is 79.7 Å². The van der Waals surface area contributed by atoms with Gasteiger partial charge in [0.15, 0.2) is 6.17 Å². The summed E-state index contributed by atoms with van der Waals surface area (Å²) >= 11 is 0. The SMILES string of the molecule is C[C@H]1CCC(c2ccccc2)S(=O)(=O)N1Cc1ccc(N2CCN3C(=CNC3C#N)C2)cc1F. The number of nitriles is 1. The number of halogens is 1. The van der Waals surface area contributed by atoms with Gasteiger partial charge in [0.25, 0.3) is 0 Å². The fourth-order valence-electron chi connectivity index (χ4n) is 5.13. The predicted octanol–water partition coefficient (Wildman–Crippen LogP) is 3.30. The van der Waals surface area contributed by atoms with Crippen molar-refractivity contribution < 1.29 is 12.8 Å². The summed E-state index contributed by atoms with van der Waals surface area (Å²) < 4.78 is 43.6. The summed E-state index contributed by atoms with van der Waals surface area (Å²) in [5.74, 6) is -0.405. The van der Waals surface area contributed by atoms with Gasteiger partial charge < -0.3 is 15.1 Å². The third kappa shape index (κ3) is 4.01. The van der Waals surface area contributed by atoms with Crippen molar-refractivity contribution in [2.75, 3.05) is 24.5 Å². The Balaban J connectivity index is 1.34. The Morgan fingerprint density at radius 3 is 2.68 bits per heavy atom. The van der Waals surface area contributed by atoms with Crippen LogP contribution in [-0.4, -0.2) is 49.5 Å². The molecule has 3 atom stereocenters. The highest BCUT2D eigenvalue weighted by Gasteiger charge is 2.40. The smallest absolute Gasteiger partial charge is 0.221 e. The number of hydrogen-bond donors (Lipinski definition) is 1. The number of rotatable bonds is 4. The normalized spacial score (nSPS) is 26.4. The van der Waals surface area contributed by atoms with Crippen LogP contribution in [-0.2, 0) is 16.6 Å². The average Bonchev–Trinajstić information content (AvgIpc) is 3.25. The Morgan fingerprint density at radius 1 is 1.15 bits per heavy atom. The van der Waals surface area contributed by atoms with Crippen LogP contribution in [0.3, 0.4) is 0 Å². The zero-order chi connectivity index (χ0) is 23.9. The Morgan fingerprint density at radius 2 is 1.94 bits per heavy atom. The van der Waals surface area contributed by atoms with Crippen LogP contribution in [0, 0.1) is 17.1 Å². The van der Waals surface area contributed by atoms with E-state index in [1.54, 1.807) is 6.07 Å². The first-order valence-electron chi connectivity index (χ1n) is 11.6.